The first-order valence-corrected chi connectivity index (χ1v) is 8.41. The number of hydrogen-bond acceptors (Lipinski definition) is 4. The van der Waals surface area contributed by atoms with Crippen LogP contribution in [0.5, 0.6) is 5.75 Å². The molecule has 25 heavy (non-hydrogen) atoms. The number of hydrogen-bond donors (Lipinski definition) is 1. The number of aliphatic carboxylic acids is 1. The summed E-state index contributed by atoms with van der Waals surface area (Å²) in [6.07, 6.45) is 0.643. The lowest BCUT2D eigenvalue weighted by atomic mass is 10.1. The van der Waals surface area contributed by atoms with Crippen molar-refractivity contribution >= 4 is 17.7 Å². The molecule has 0 bridgehead atoms. The maximum absolute atomic E-state index is 12.3. The molecule has 132 valence electrons. The number of carbonyl (C=O) groups is 2. The minimum absolute atomic E-state index is 0.00109. The van der Waals surface area contributed by atoms with E-state index in [9.17, 15) is 9.59 Å². The largest absolute Gasteiger partial charge is 0.494 e. The Morgan fingerprint density at radius 1 is 1.20 bits per heavy atom. The van der Waals surface area contributed by atoms with Gasteiger partial charge in [-0.05, 0) is 37.6 Å². The highest BCUT2D eigenvalue weighted by Crippen LogP contribution is 2.29. The Hall–Kier alpha value is -2.83. The molecule has 0 unspecified atom stereocenters. The minimum atomic E-state index is -0.964. The van der Waals surface area contributed by atoms with Crippen LogP contribution in [0, 0.1) is 0 Å². The van der Waals surface area contributed by atoms with Gasteiger partial charge in [0.15, 0.2) is 0 Å². The molecular formula is C18H21N3O4. The Kier molecular flexibility index (Phi) is 5.02. The molecule has 1 amide bonds. The van der Waals surface area contributed by atoms with Crippen molar-refractivity contribution < 1.29 is 19.4 Å². The molecule has 0 spiro atoms. The molecule has 2 aromatic rings. The van der Waals surface area contributed by atoms with Crippen molar-refractivity contribution in [2.75, 3.05) is 18.1 Å². The third kappa shape index (κ3) is 3.81. The Morgan fingerprint density at radius 3 is 2.64 bits per heavy atom. The second-order valence-electron chi connectivity index (χ2n) is 5.86. The van der Waals surface area contributed by atoms with E-state index in [0.717, 1.165) is 35.8 Å². The van der Waals surface area contributed by atoms with Crippen LogP contribution >= 0.6 is 0 Å². The minimum Gasteiger partial charge on any atom is -0.494 e. The maximum atomic E-state index is 12.3. The van der Waals surface area contributed by atoms with Crippen LogP contribution < -0.4 is 9.64 Å². The number of carbonyl (C=O) groups excluding carboxylic acids is 1. The number of carboxylic acid groups (broad SMARTS) is 1. The molecule has 1 N–H and O–H groups in total. The second-order valence-corrected chi connectivity index (χ2v) is 5.86. The first-order valence-electron chi connectivity index (χ1n) is 8.41. The van der Waals surface area contributed by atoms with Gasteiger partial charge >= 0.3 is 5.97 Å². The van der Waals surface area contributed by atoms with Gasteiger partial charge in [-0.2, -0.15) is 5.10 Å². The number of amides is 1. The standard InChI is InChI=1S/C18H21N3O4/c1-2-25-14-6-4-13(5-7-14)15-12-16-20(10-3-11-21(16)19-15)17(22)8-9-18(23)24/h4-7,12H,2-3,8-11H2,1H3,(H,23,24). The maximum Gasteiger partial charge on any atom is 0.303 e. The number of aryl methyl sites for hydroxylation is 1. The van der Waals surface area contributed by atoms with E-state index < -0.39 is 5.97 Å². The van der Waals surface area contributed by atoms with Crippen LogP contribution in [0.15, 0.2) is 30.3 Å². The predicted molar refractivity (Wildman–Crippen MR) is 92.7 cm³/mol. The highest BCUT2D eigenvalue weighted by Gasteiger charge is 2.25. The van der Waals surface area contributed by atoms with Crippen molar-refractivity contribution in [2.45, 2.75) is 32.7 Å². The quantitative estimate of drug-likeness (QED) is 0.871. The number of rotatable bonds is 6. The molecule has 7 nitrogen and oxygen atoms in total. The zero-order chi connectivity index (χ0) is 17.8. The second kappa shape index (κ2) is 7.38. The Labute approximate surface area is 145 Å². The van der Waals surface area contributed by atoms with Crippen LogP contribution in [0.4, 0.5) is 5.82 Å². The van der Waals surface area contributed by atoms with Gasteiger partial charge < -0.3 is 9.84 Å². The fourth-order valence-electron chi connectivity index (χ4n) is 2.91. The first-order chi connectivity index (χ1) is 12.1. The van der Waals surface area contributed by atoms with Gasteiger partial charge in [-0.15, -0.1) is 0 Å². The molecule has 0 saturated heterocycles. The van der Waals surface area contributed by atoms with Crippen molar-refractivity contribution in [3.05, 3.63) is 30.3 Å². The van der Waals surface area contributed by atoms with Crippen molar-refractivity contribution in [1.29, 1.82) is 0 Å². The molecule has 0 fully saturated rings. The summed E-state index contributed by atoms with van der Waals surface area (Å²) in [5.41, 5.74) is 1.74. The van der Waals surface area contributed by atoms with Gasteiger partial charge in [-0.3, -0.25) is 14.5 Å². The number of benzene rings is 1. The smallest absolute Gasteiger partial charge is 0.303 e. The SMILES string of the molecule is CCOc1ccc(-c2cc3n(n2)CCCN3C(=O)CCC(=O)O)cc1. The molecule has 0 saturated carbocycles. The van der Waals surface area contributed by atoms with Crippen molar-refractivity contribution in [3.63, 3.8) is 0 Å². The molecular weight excluding hydrogens is 322 g/mol. The zero-order valence-electron chi connectivity index (χ0n) is 14.1. The summed E-state index contributed by atoms with van der Waals surface area (Å²) in [6, 6.07) is 9.55. The molecule has 1 aromatic carbocycles. The molecule has 1 aromatic heterocycles. The fourth-order valence-corrected chi connectivity index (χ4v) is 2.91. The van der Waals surface area contributed by atoms with Crippen LogP contribution in [-0.4, -0.2) is 39.9 Å². The molecule has 0 aliphatic carbocycles. The zero-order valence-corrected chi connectivity index (χ0v) is 14.1. The topological polar surface area (TPSA) is 84.7 Å². The molecule has 7 heteroatoms. The van der Waals surface area contributed by atoms with Gasteiger partial charge in [0.1, 0.15) is 11.6 Å². The summed E-state index contributed by atoms with van der Waals surface area (Å²) in [6.45, 7) is 3.89. The van der Waals surface area contributed by atoms with E-state index in [0.29, 0.717) is 13.2 Å². The van der Waals surface area contributed by atoms with Gasteiger partial charge in [0.25, 0.3) is 0 Å². The number of anilines is 1. The normalized spacial score (nSPS) is 13.4. The van der Waals surface area contributed by atoms with E-state index in [4.69, 9.17) is 9.84 Å². The molecule has 0 atom stereocenters. The summed E-state index contributed by atoms with van der Waals surface area (Å²) in [7, 11) is 0. The van der Waals surface area contributed by atoms with Crippen molar-refractivity contribution in [3.8, 4) is 17.0 Å². The summed E-state index contributed by atoms with van der Waals surface area (Å²) < 4.78 is 7.26. The van der Waals surface area contributed by atoms with E-state index in [1.54, 1.807) is 4.90 Å². The average molecular weight is 343 g/mol. The van der Waals surface area contributed by atoms with E-state index in [1.165, 1.54) is 0 Å². The number of ether oxygens (including phenoxy) is 1. The monoisotopic (exact) mass is 343 g/mol. The van der Waals surface area contributed by atoms with Crippen LogP contribution in [0.2, 0.25) is 0 Å². The van der Waals surface area contributed by atoms with E-state index in [1.807, 2.05) is 41.9 Å². The van der Waals surface area contributed by atoms with Crippen LogP contribution in [0.1, 0.15) is 26.2 Å². The van der Waals surface area contributed by atoms with Gasteiger partial charge in [-0.1, -0.05) is 0 Å². The molecule has 1 aliphatic rings. The van der Waals surface area contributed by atoms with E-state index >= 15 is 0 Å². The summed E-state index contributed by atoms with van der Waals surface area (Å²) in [4.78, 5) is 24.7. The lowest BCUT2D eigenvalue weighted by Crippen LogP contribution is -2.37. The van der Waals surface area contributed by atoms with Gasteiger partial charge in [0.05, 0.1) is 18.7 Å². The number of nitrogens with zero attached hydrogens (tertiary/aromatic N) is 3. The van der Waals surface area contributed by atoms with Crippen molar-refractivity contribution in [2.24, 2.45) is 0 Å². The van der Waals surface area contributed by atoms with Crippen LogP contribution in [0.3, 0.4) is 0 Å². The number of aromatic nitrogens is 2. The Bertz CT molecular complexity index is 767. The number of carboxylic acids is 1. The average Bonchev–Trinajstić information content (AvgIpc) is 3.04. The predicted octanol–water partition coefficient (Wildman–Crippen LogP) is 2.55. The summed E-state index contributed by atoms with van der Waals surface area (Å²) in [5, 5.41) is 13.4. The van der Waals surface area contributed by atoms with Gasteiger partial charge in [-0.25, -0.2) is 4.68 Å². The van der Waals surface area contributed by atoms with Gasteiger partial charge in [0.2, 0.25) is 5.91 Å². The highest BCUT2D eigenvalue weighted by atomic mass is 16.5. The molecule has 3 rings (SSSR count). The molecule has 2 heterocycles. The summed E-state index contributed by atoms with van der Waals surface area (Å²) in [5.74, 6) is 0.390. The third-order valence-electron chi connectivity index (χ3n) is 4.10. The Morgan fingerprint density at radius 2 is 1.96 bits per heavy atom. The van der Waals surface area contributed by atoms with Gasteiger partial charge in [0, 0.05) is 31.1 Å². The fraction of sp³-hybridized carbons (Fsp3) is 0.389. The Balaban J connectivity index is 1.81. The number of fused-ring (bicyclic) bond motifs is 1. The third-order valence-corrected chi connectivity index (χ3v) is 4.10. The first kappa shape index (κ1) is 17.0. The summed E-state index contributed by atoms with van der Waals surface area (Å²) >= 11 is 0. The van der Waals surface area contributed by atoms with Crippen LogP contribution in [0.25, 0.3) is 11.3 Å². The van der Waals surface area contributed by atoms with E-state index in [-0.39, 0.29) is 18.7 Å². The molecule has 0 radical (unpaired) electrons. The lowest BCUT2D eigenvalue weighted by molar-refractivity contribution is -0.138. The van der Waals surface area contributed by atoms with Crippen molar-refractivity contribution in [1.82, 2.24) is 9.78 Å². The highest BCUT2D eigenvalue weighted by molar-refractivity contribution is 5.94. The molecule has 1 aliphatic heterocycles. The van der Waals surface area contributed by atoms with Crippen LogP contribution in [-0.2, 0) is 16.1 Å². The lowest BCUT2D eigenvalue weighted by Gasteiger charge is -2.27. The van der Waals surface area contributed by atoms with E-state index in [2.05, 4.69) is 5.10 Å².